The molecule has 0 unspecified atom stereocenters. The molecule has 5 heteroatoms. The maximum Gasteiger partial charge on any atom is 0.379 e. The average molecular weight is 240 g/mol. The van der Waals surface area contributed by atoms with Crippen LogP contribution >= 0.6 is 12.6 Å². The van der Waals surface area contributed by atoms with Crippen molar-refractivity contribution in [3.05, 3.63) is 29.8 Å². The lowest BCUT2D eigenvalue weighted by Crippen LogP contribution is -2.15. The third-order valence-electron chi connectivity index (χ3n) is 1.85. The van der Waals surface area contributed by atoms with E-state index in [2.05, 4.69) is 17.4 Å². The SMILES string of the molecule is COC(=O)C(=O)c1ccc(OCCS)cc1. The standard InChI is InChI=1S/C11H12O4S/c1-14-11(13)10(12)8-2-4-9(5-3-8)15-6-7-16/h2-5,16H,6-7H2,1H3. The van der Waals surface area contributed by atoms with Crippen molar-refractivity contribution in [1.82, 2.24) is 0 Å². The van der Waals surface area contributed by atoms with E-state index in [1.807, 2.05) is 0 Å². The molecule has 0 saturated carbocycles. The van der Waals surface area contributed by atoms with E-state index >= 15 is 0 Å². The molecule has 0 bridgehead atoms. The molecule has 0 amide bonds. The summed E-state index contributed by atoms with van der Waals surface area (Å²) < 4.78 is 9.60. The summed E-state index contributed by atoms with van der Waals surface area (Å²) in [6.45, 7) is 0.493. The second-order valence-corrected chi connectivity index (χ2v) is 3.36. The summed E-state index contributed by atoms with van der Waals surface area (Å²) >= 11 is 4.00. The first-order chi connectivity index (χ1) is 7.69. The lowest BCUT2D eigenvalue weighted by atomic mass is 10.1. The van der Waals surface area contributed by atoms with Crippen LogP contribution in [0.15, 0.2) is 24.3 Å². The number of ether oxygens (including phenoxy) is 2. The largest absolute Gasteiger partial charge is 0.493 e. The van der Waals surface area contributed by atoms with Gasteiger partial charge in [0.15, 0.2) is 0 Å². The lowest BCUT2D eigenvalue weighted by Gasteiger charge is -2.04. The fraction of sp³-hybridized carbons (Fsp3) is 0.273. The molecule has 0 fully saturated rings. The van der Waals surface area contributed by atoms with Crippen LogP contribution in [0.25, 0.3) is 0 Å². The Hall–Kier alpha value is -1.49. The Labute approximate surface area is 99.0 Å². The van der Waals surface area contributed by atoms with Crippen LogP contribution in [-0.2, 0) is 9.53 Å². The van der Waals surface area contributed by atoms with Gasteiger partial charge in [0.05, 0.1) is 13.7 Å². The van der Waals surface area contributed by atoms with Crippen LogP contribution in [0.1, 0.15) is 10.4 Å². The van der Waals surface area contributed by atoms with E-state index in [4.69, 9.17) is 4.74 Å². The molecule has 0 atom stereocenters. The van der Waals surface area contributed by atoms with Crippen molar-refractivity contribution >= 4 is 24.4 Å². The van der Waals surface area contributed by atoms with Gasteiger partial charge in [-0.25, -0.2) is 4.79 Å². The maximum absolute atomic E-state index is 11.4. The zero-order valence-electron chi connectivity index (χ0n) is 8.80. The van der Waals surface area contributed by atoms with Gasteiger partial charge in [0, 0.05) is 11.3 Å². The lowest BCUT2D eigenvalue weighted by molar-refractivity contribution is -0.135. The van der Waals surface area contributed by atoms with Crippen molar-refractivity contribution in [3.8, 4) is 5.75 Å². The van der Waals surface area contributed by atoms with Crippen molar-refractivity contribution in [1.29, 1.82) is 0 Å². The van der Waals surface area contributed by atoms with Gasteiger partial charge in [0.25, 0.3) is 5.78 Å². The van der Waals surface area contributed by atoms with Crippen LogP contribution in [0.3, 0.4) is 0 Å². The summed E-state index contributed by atoms with van der Waals surface area (Å²) in [5, 5.41) is 0. The molecule has 0 radical (unpaired) electrons. The summed E-state index contributed by atoms with van der Waals surface area (Å²) in [5.41, 5.74) is 0.282. The molecule has 0 spiro atoms. The molecule has 0 aromatic heterocycles. The van der Waals surface area contributed by atoms with E-state index in [1.54, 1.807) is 12.1 Å². The highest BCUT2D eigenvalue weighted by atomic mass is 32.1. The van der Waals surface area contributed by atoms with E-state index in [0.29, 0.717) is 18.1 Å². The van der Waals surface area contributed by atoms with Gasteiger partial charge in [0.1, 0.15) is 5.75 Å². The first kappa shape index (κ1) is 12.6. The molecule has 4 nitrogen and oxygen atoms in total. The van der Waals surface area contributed by atoms with Crippen LogP contribution in [0.2, 0.25) is 0 Å². The van der Waals surface area contributed by atoms with Crippen molar-refractivity contribution in [2.24, 2.45) is 0 Å². The third-order valence-corrected chi connectivity index (χ3v) is 2.03. The van der Waals surface area contributed by atoms with E-state index in [1.165, 1.54) is 19.2 Å². The summed E-state index contributed by atoms with van der Waals surface area (Å²) in [5.74, 6) is -0.286. The number of hydrogen-bond acceptors (Lipinski definition) is 5. The van der Waals surface area contributed by atoms with E-state index < -0.39 is 11.8 Å². The minimum absolute atomic E-state index is 0.282. The van der Waals surface area contributed by atoms with Crippen molar-refractivity contribution in [3.63, 3.8) is 0 Å². The molecular formula is C11H12O4S. The van der Waals surface area contributed by atoms with Crippen LogP contribution in [0.4, 0.5) is 0 Å². The minimum atomic E-state index is -0.871. The normalized spacial score (nSPS) is 9.62. The molecule has 0 aliphatic rings. The zero-order chi connectivity index (χ0) is 12.0. The maximum atomic E-state index is 11.4. The Balaban J connectivity index is 2.71. The van der Waals surface area contributed by atoms with E-state index in [-0.39, 0.29) is 5.56 Å². The minimum Gasteiger partial charge on any atom is -0.493 e. The molecule has 1 rings (SSSR count). The number of carbonyl (C=O) groups is 2. The Kier molecular flexibility index (Phi) is 4.85. The van der Waals surface area contributed by atoms with Crippen LogP contribution in [0.5, 0.6) is 5.75 Å². The van der Waals surface area contributed by atoms with Gasteiger partial charge in [-0.2, -0.15) is 12.6 Å². The van der Waals surface area contributed by atoms with Gasteiger partial charge >= 0.3 is 5.97 Å². The molecule has 86 valence electrons. The summed E-state index contributed by atoms with van der Waals surface area (Å²) in [4.78, 5) is 22.3. The number of esters is 1. The molecule has 16 heavy (non-hydrogen) atoms. The highest BCUT2D eigenvalue weighted by Crippen LogP contribution is 2.12. The number of rotatable bonds is 5. The number of ketones is 1. The molecule has 0 heterocycles. The van der Waals surface area contributed by atoms with E-state index in [9.17, 15) is 9.59 Å². The number of benzene rings is 1. The molecule has 0 N–H and O–H groups in total. The van der Waals surface area contributed by atoms with Crippen molar-refractivity contribution < 1.29 is 19.1 Å². The first-order valence-electron chi connectivity index (χ1n) is 4.65. The van der Waals surface area contributed by atoms with Crippen LogP contribution in [0, 0.1) is 0 Å². The number of carbonyl (C=O) groups excluding carboxylic acids is 2. The van der Waals surface area contributed by atoms with Gasteiger partial charge in [-0.05, 0) is 24.3 Å². The summed E-state index contributed by atoms with van der Waals surface area (Å²) in [7, 11) is 1.17. The Bertz CT molecular complexity index is 372. The average Bonchev–Trinajstić information content (AvgIpc) is 2.35. The molecule has 0 saturated heterocycles. The molecule has 0 aliphatic heterocycles. The number of Topliss-reactive ketones (excluding diaryl/α,β-unsaturated/α-hetero) is 1. The predicted molar refractivity (Wildman–Crippen MR) is 62.1 cm³/mol. The zero-order valence-corrected chi connectivity index (χ0v) is 9.70. The molecular weight excluding hydrogens is 228 g/mol. The first-order valence-corrected chi connectivity index (χ1v) is 5.28. The van der Waals surface area contributed by atoms with Crippen molar-refractivity contribution in [2.45, 2.75) is 0 Å². The number of methoxy groups -OCH3 is 1. The number of thiol groups is 1. The van der Waals surface area contributed by atoms with Gasteiger partial charge in [-0.1, -0.05) is 0 Å². The van der Waals surface area contributed by atoms with Crippen LogP contribution < -0.4 is 4.74 Å². The van der Waals surface area contributed by atoms with Gasteiger partial charge in [-0.15, -0.1) is 0 Å². The summed E-state index contributed by atoms with van der Waals surface area (Å²) in [6.07, 6.45) is 0. The van der Waals surface area contributed by atoms with Gasteiger partial charge in [0.2, 0.25) is 0 Å². The van der Waals surface area contributed by atoms with E-state index in [0.717, 1.165) is 0 Å². The monoisotopic (exact) mass is 240 g/mol. The van der Waals surface area contributed by atoms with Gasteiger partial charge in [-0.3, -0.25) is 4.79 Å². The van der Waals surface area contributed by atoms with Crippen molar-refractivity contribution in [2.75, 3.05) is 19.5 Å². The fourth-order valence-electron chi connectivity index (χ4n) is 1.08. The van der Waals surface area contributed by atoms with Crippen LogP contribution in [-0.4, -0.2) is 31.2 Å². The fourth-order valence-corrected chi connectivity index (χ4v) is 1.17. The number of hydrogen-bond donors (Lipinski definition) is 1. The second kappa shape index (κ2) is 6.17. The smallest absolute Gasteiger partial charge is 0.379 e. The Morgan fingerprint density at radius 1 is 1.25 bits per heavy atom. The topological polar surface area (TPSA) is 52.6 Å². The van der Waals surface area contributed by atoms with Gasteiger partial charge < -0.3 is 9.47 Å². The highest BCUT2D eigenvalue weighted by molar-refractivity contribution is 7.80. The predicted octanol–water partition coefficient (Wildman–Crippen LogP) is 1.35. The summed E-state index contributed by atoms with van der Waals surface area (Å²) in [6, 6.07) is 6.29. The second-order valence-electron chi connectivity index (χ2n) is 2.92. The third kappa shape index (κ3) is 3.27. The molecule has 1 aromatic rings. The molecule has 0 aliphatic carbocycles. The Morgan fingerprint density at radius 3 is 2.38 bits per heavy atom. The molecule has 1 aromatic carbocycles. The quantitative estimate of drug-likeness (QED) is 0.365. The highest BCUT2D eigenvalue weighted by Gasteiger charge is 2.15. The Morgan fingerprint density at radius 2 is 1.88 bits per heavy atom.